The molecule has 0 aromatic heterocycles. The number of nitrogens with zero attached hydrogens (tertiary/aromatic N) is 3. The van der Waals surface area contributed by atoms with Crippen LogP contribution in [0.4, 0.5) is 14.9 Å². The van der Waals surface area contributed by atoms with E-state index < -0.39 is 11.7 Å². The lowest BCUT2D eigenvalue weighted by molar-refractivity contribution is -0.134. The van der Waals surface area contributed by atoms with E-state index in [1.165, 1.54) is 22.6 Å². The van der Waals surface area contributed by atoms with Gasteiger partial charge in [0.15, 0.2) is 5.60 Å². The molecule has 1 spiro atoms. The maximum absolute atomic E-state index is 13.3. The molecule has 0 unspecified atom stereocenters. The Kier molecular flexibility index (Phi) is 6.52. The minimum Gasteiger partial charge on any atom is -0.436 e. The number of carbonyl (C=O) groups excluding carboxylic acids is 2. The third-order valence-electron chi connectivity index (χ3n) is 7.03. The monoisotopic (exact) mass is 467 g/mol. The van der Waals surface area contributed by atoms with Gasteiger partial charge in [0.25, 0.3) is 0 Å². The maximum Gasteiger partial charge on any atom is 0.415 e. The highest BCUT2D eigenvalue weighted by Gasteiger charge is 2.49. The molecule has 3 aliphatic heterocycles. The van der Waals surface area contributed by atoms with E-state index in [0.29, 0.717) is 31.3 Å². The van der Waals surface area contributed by atoms with Gasteiger partial charge in [0.05, 0.1) is 32.8 Å². The van der Waals surface area contributed by atoms with Crippen LogP contribution in [0.1, 0.15) is 24.3 Å². The van der Waals surface area contributed by atoms with Gasteiger partial charge in [-0.25, -0.2) is 9.18 Å². The average molecular weight is 468 g/mol. The zero-order chi connectivity index (χ0) is 23.5. The Morgan fingerprint density at radius 1 is 1.00 bits per heavy atom. The summed E-state index contributed by atoms with van der Waals surface area (Å²) in [6, 6.07) is 16.3. The van der Waals surface area contributed by atoms with Crippen LogP contribution in [-0.2, 0) is 14.3 Å². The zero-order valence-corrected chi connectivity index (χ0v) is 19.2. The van der Waals surface area contributed by atoms with E-state index in [1.54, 1.807) is 17.0 Å². The predicted molar refractivity (Wildman–Crippen MR) is 125 cm³/mol. The molecule has 34 heavy (non-hydrogen) atoms. The lowest BCUT2D eigenvalue weighted by Crippen LogP contribution is -2.51. The SMILES string of the molecule is O=C(CN1CCC(c2ccccc2)CC1)N1CCOC[C@@]2(C1)CN(c1ccc(F)cc1)C(=O)O2. The summed E-state index contributed by atoms with van der Waals surface area (Å²) in [6.07, 6.45) is 1.57. The van der Waals surface area contributed by atoms with Gasteiger partial charge in [-0.05, 0) is 61.7 Å². The maximum atomic E-state index is 13.3. The summed E-state index contributed by atoms with van der Waals surface area (Å²) in [7, 11) is 0. The van der Waals surface area contributed by atoms with Crippen LogP contribution >= 0.6 is 0 Å². The normalized spacial score (nSPS) is 24.3. The summed E-state index contributed by atoms with van der Waals surface area (Å²) in [5.41, 5.74) is 0.998. The van der Waals surface area contributed by atoms with Gasteiger partial charge in [0, 0.05) is 12.2 Å². The fraction of sp³-hybridized carbons (Fsp3) is 0.462. The molecule has 3 saturated heterocycles. The van der Waals surface area contributed by atoms with E-state index >= 15 is 0 Å². The number of halogens is 1. The van der Waals surface area contributed by atoms with Gasteiger partial charge in [-0.1, -0.05) is 30.3 Å². The van der Waals surface area contributed by atoms with Gasteiger partial charge in [0.1, 0.15) is 5.82 Å². The van der Waals surface area contributed by atoms with Crippen LogP contribution in [0.2, 0.25) is 0 Å². The number of ether oxygens (including phenoxy) is 2. The number of amides is 2. The van der Waals surface area contributed by atoms with Crippen molar-refractivity contribution < 1.29 is 23.5 Å². The second-order valence-corrected chi connectivity index (χ2v) is 9.44. The van der Waals surface area contributed by atoms with Crippen LogP contribution in [0.5, 0.6) is 0 Å². The molecule has 3 heterocycles. The van der Waals surface area contributed by atoms with Crippen molar-refractivity contribution in [2.24, 2.45) is 0 Å². The molecule has 2 aromatic carbocycles. The number of hydrogen-bond acceptors (Lipinski definition) is 5. The molecular formula is C26H30FN3O4. The summed E-state index contributed by atoms with van der Waals surface area (Å²) in [4.78, 5) is 31.3. The molecule has 2 aromatic rings. The molecule has 3 fully saturated rings. The van der Waals surface area contributed by atoms with Crippen molar-refractivity contribution in [3.63, 3.8) is 0 Å². The molecular weight excluding hydrogens is 437 g/mol. The summed E-state index contributed by atoms with van der Waals surface area (Å²) in [5.74, 6) is 0.200. The van der Waals surface area contributed by atoms with Crippen LogP contribution in [0, 0.1) is 5.82 Å². The van der Waals surface area contributed by atoms with E-state index in [4.69, 9.17) is 9.47 Å². The van der Waals surface area contributed by atoms with Crippen molar-refractivity contribution in [1.82, 2.24) is 9.80 Å². The largest absolute Gasteiger partial charge is 0.436 e. The Bertz CT molecular complexity index is 1010. The second-order valence-electron chi connectivity index (χ2n) is 9.44. The van der Waals surface area contributed by atoms with E-state index in [9.17, 15) is 14.0 Å². The van der Waals surface area contributed by atoms with Gasteiger partial charge in [-0.3, -0.25) is 14.6 Å². The van der Waals surface area contributed by atoms with Crippen LogP contribution < -0.4 is 4.90 Å². The number of likely N-dealkylation sites (tertiary alicyclic amines) is 1. The molecule has 0 radical (unpaired) electrons. The number of benzene rings is 2. The lowest BCUT2D eigenvalue weighted by Gasteiger charge is -2.34. The van der Waals surface area contributed by atoms with Crippen LogP contribution in [0.3, 0.4) is 0 Å². The molecule has 0 N–H and O–H groups in total. The highest BCUT2D eigenvalue weighted by atomic mass is 19.1. The number of piperidine rings is 1. The smallest absolute Gasteiger partial charge is 0.415 e. The molecule has 0 bridgehead atoms. The Morgan fingerprint density at radius 2 is 1.74 bits per heavy atom. The van der Waals surface area contributed by atoms with E-state index in [2.05, 4.69) is 29.2 Å². The summed E-state index contributed by atoms with van der Waals surface area (Å²) in [5, 5.41) is 0. The second kappa shape index (κ2) is 9.72. The third kappa shape index (κ3) is 4.93. The molecule has 180 valence electrons. The fourth-order valence-electron chi connectivity index (χ4n) is 5.16. The minimum absolute atomic E-state index is 0.0271. The first-order chi connectivity index (χ1) is 16.5. The van der Waals surface area contributed by atoms with Gasteiger partial charge in [-0.15, -0.1) is 0 Å². The number of anilines is 1. The van der Waals surface area contributed by atoms with E-state index in [-0.39, 0.29) is 31.4 Å². The van der Waals surface area contributed by atoms with Gasteiger partial charge >= 0.3 is 6.09 Å². The molecule has 5 rings (SSSR count). The third-order valence-corrected chi connectivity index (χ3v) is 7.03. The molecule has 1 atom stereocenters. The summed E-state index contributed by atoms with van der Waals surface area (Å²) in [6.45, 7) is 3.75. The molecule has 3 aliphatic rings. The van der Waals surface area contributed by atoms with Crippen molar-refractivity contribution in [2.75, 3.05) is 57.4 Å². The first-order valence-corrected chi connectivity index (χ1v) is 11.9. The Hall–Kier alpha value is -2.97. The van der Waals surface area contributed by atoms with Gasteiger partial charge in [0.2, 0.25) is 5.91 Å². The lowest BCUT2D eigenvalue weighted by atomic mass is 9.89. The van der Waals surface area contributed by atoms with E-state index in [0.717, 1.165) is 25.9 Å². The molecule has 0 saturated carbocycles. The van der Waals surface area contributed by atoms with Crippen molar-refractivity contribution in [3.8, 4) is 0 Å². The van der Waals surface area contributed by atoms with Gasteiger partial charge in [-0.2, -0.15) is 0 Å². The fourth-order valence-corrected chi connectivity index (χ4v) is 5.16. The van der Waals surface area contributed by atoms with Crippen LogP contribution in [-0.4, -0.2) is 79.9 Å². The number of hydrogen-bond donors (Lipinski definition) is 0. The van der Waals surface area contributed by atoms with E-state index in [1.807, 2.05) is 6.07 Å². The number of carbonyl (C=O) groups is 2. The zero-order valence-electron chi connectivity index (χ0n) is 19.2. The molecule has 7 nitrogen and oxygen atoms in total. The Balaban J connectivity index is 1.19. The Labute approximate surface area is 199 Å². The predicted octanol–water partition coefficient (Wildman–Crippen LogP) is 3.26. The first-order valence-electron chi connectivity index (χ1n) is 11.9. The highest BCUT2D eigenvalue weighted by molar-refractivity contribution is 5.90. The van der Waals surface area contributed by atoms with Crippen molar-refractivity contribution in [2.45, 2.75) is 24.4 Å². The minimum atomic E-state index is -0.933. The standard InChI is InChI=1S/C26H30FN3O4/c27-22-6-8-23(9-7-22)30-18-26(34-25(30)32)17-29(14-15-33-19-26)24(31)16-28-12-10-21(11-13-28)20-4-2-1-3-5-20/h1-9,21H,10-19H2/t26-/m1/s1. The highest BCUT2D eigenvalue weighted by Crippen LogP contribution is 2.31. The molecule has 8 heteroatoms. The van der Waals surface area contributed by atoms with Crippen molar-refractivity contribution in [3.05, 3.63) is 66.0 Å². The Morgan fingerprint density at radius 3 is 2.47 bits per heavy atom. The van der Waals surface area contributed by atoms with Gasteiger partial charge < -0.3 is 14.4 Å². The quantitative estimate of drug-likeness (QED) is 0.691. The van der Waals surface area contributed by atoms with Crippen LogP contribution in [0.25, 0.3) is 0 Å². The molecule has 0 aliphatic carbocycles. The van der Waals surface area contributed by atoms with Crippen molar-refractivity contribution in [1.29, 1.82) is 0 Å². The first kappa shape index (κ1) is 22.8. The topological polar surface area (TPSA) is 62.3 Å². The van der Waals surface area contributed by atoms with Crippen LogP contribution in [0.15, 0.2) is 54.6 Å². The average Bonchev–Trinajstić information content (AvgIpc) is 3.03. The summed E-state index contributed by atoms with van der Waals surface area (Å²) < 4.78 is 24.8. The molecule has 2 amide bonds. The van der Waals surface area contributed by atoms with Crippen molar-refractivity contribution >= 4 is 17.7 Å². The number of rotatable bonds is 4. The summed E-state index contributed by atoms with van der Waals surface area (Å²) >= 11 is 0.